The minimum atomic E-state index is -0.270. The van der Waals surface area contributed by atoms with Gasteiger partial charge in [-0.1, -0.05) is 48.5 Å². The first-order chi connectivity index (χ1) is 18.0. The van der Waals surface area contributed by atoms with Crippen molar-refractivity contribution >= 4 is 23.4 Å². The third-order valence-electron chi connectivity index (χ3n) is 7.39. The molecule has 5 rings (SSSR count). The third kappa shape index (κ3) is 5.58. The summed E-state index contributed by atoms with van der Waals surface area (Å²) in [6.07, 6.45) is 3.31. The maximum absolute atomic E-state index is 13.6. The van der Waals surface area contributed by atoms with Gasteiger partial charge in [0.1, 0.15) is 0 Å². The highest BCUT2D eigenvalue weighted by Crippen LogP contribution is 2.26. The second-order valence-electron chi connectivity index (χ2n) is 9.89. The largest absolute Gasteiger partial charge is 0.338 e. The lowest BCUT2D eigenvalue weighted by atomic mass is 9.96. The van der Waals surface area contributed by atoms with Crippen molar-refractivity contribution < 1.29 is 14.4 Å². The number of carbonyl (C=O) groups excluding carboxylic acids is 3. The molecule has 1 atom stereocenters. The van der Waals surface area contributed by atoms with E-state index in [1.165, 1.54) is 0 Å². The summed E-state index contributed by atoms with van der Waals surface area (Å²) in [4.78, 5) is 43.1. The first-order valence-corrected chi connectivity index (χ1v) is 13.0. The molecule has 0 spiro atoms. The molecular weight excluding hydrogens is 466 g/mol. The van der Waals surface area contributed by atoms with Crippen LogP contribution in [0.3, 0.4) is 0 Å². The van der Waals surface area contributed by atoms with Gasteiger partial charge in [0.15, 0.2) is 5.69 Å². The molecule has 1 aromatic heterocycles. The van der Waals surface area contributed by atoms with E-state index in [1.807, 2.05) is 72.6 Å². The number of nitrogens with one attached hydrogen (secondary N) is 1. The monoisotopic (exact) mass is 499 g/mol. The molecule has 0 unspecified atom stereocenters. The minimum absolute atomic E-state index is 0.0677. The van der Waals surface area contributed by atoms with Crippen LogP contribution < -0.4 is 5.32 Å². The van der Waals surface area contributed by atoms with Crippen molar-refractivity contribution in [2.45, 2.75) is 38.6 Å². The van der Waals surface area contributed by atoms with Gasteiger partial charge >= 0.3 is 0 Å². The van der Waals surface area contributed by atoms with Gasteiger partial charge in [-0.05, 0) is 37.0 Å². The lowest BCUT2D eigenvalue weighted by Gasteiger charge is -2.32. The predicted molar refractivity (Wildman–Crippen MR) is 141 cm³/mol. The molecule has 1 fully saturated rings. The zero-order valence-corrected chi connectivity index (χ0v) is 21.2. The van der Waals surface area contributed by atoms with Crippen LogP contribution in [0.15, 0.2) is 60.7 Å². The smallest absolute Gasteiger partial charge is 0.274 e. The van der Waals surface area contributed by atoms with E-state index in [-0.39, 0.29) is 23.6 Å². The Labute approximate surface area is 217 Å². The number of para-hydroxylation sites is 1. The Morgan fingerprint density at radius 2 is 1.70 bits per heavy atom. The van der Waals surface area contributed by atoms with Gasteiger partial charge in [-0.3, -0.25) is 19.1 Å². The van der Waals surface area contributed by atoms with E-state index < -0.39 is 0 Å². The molecule has 2 aliphatic heterocycles. The summed E-state index contributed by atoms with van der Waals surface area (Å²) in [6, 6.07) is 19.4. The number of fused-ring (bicyclic) bond motifs is 1. The summed E-state index contributed by atoms with van der Waals surface area (Å²) in [5.74, 6) is -0.407. The summed E-state index contributed by atoms with van der Waals surface area (Å²) >= 11 is 0. The number of hydrogen-bond donors (Lipinski definition) is 1. The van der Waals surface area contributed by atoms with E-state index in [2.05, 4.69) is 10.4 Å². The number of nitrogens with zero attached hydrogens (tertiary/aromatic N) is 4. The molecule has 0 bridgehead atoms. The molecule has 1 N–H and O–H groups in total. The van der Waals surface area contributed by atoms with Crippen LogP contribution in [0.1, 0.15) is 46.6 Å². The van der Waals surface area contributed by atoms with Gasteiger partial charge in [0.2, 0.25) is 11.8 Å². The number of carbonyl (C=O) groups is 3. The first-order valence-electron chi connectivity index (χ1n) is 13.0. The number of likely N-dealkylation sites (tertiary alicyclic amines) is 1. The third-order valence-corrected chi connectivity index (χ3v) is 7.39. The number of benzene rings is 2. The summed E-state index contributed by atoms with van der Waals surface area (Å²) in [5, 5.41) is 7.55. The number of aryl methyl sites for hydroxylation is 2. The quantitative estimate of drug-likeness (QED) is 0.563. The molecule has 3 heterocycles. The average molecular weight is 500 g/mol. The van der Waals surface area contributed by atoms with Crippen molar-refractivity contribution in [1.82, 2.24) is 19.6 Å². The van der Waals surface area contributed by atoms with E-state index >= 15 is 0 Å². The normalized spacial score (nSPS) is 17.3. The van der Waals surface area contributed by atoms with E-state index in [0.717, 1.165) is 35.3 Å². The molecule has 37 heavy (non-hydrogen) atoms. The lowest BCUT2D eigenvalue weighted by molar-refractivity contribution is -0.132. The van der Waals surface area contributed by atoms with Crippen molar-refractivity contribution in [2.24, 2.45) is 13.0 Å². The van der Waals surface area contributed by atoms with Crippen molar-refractivity contribution in [1.29, 1.82) is 0 Å². The van der Waals surface area contributed by atoms with Gasteiger partial charge in [0.05, 0.1) is 5.92 Å². The Kier molecular flexibility index (Phi) is 7.35. The van der Waals surface area contributed by atoms with Crippen LogP contribution >= 0.6 is 0 Å². The summed E-state index contributed by atoms with van der Waals surface area (Å²) in [6.45, 7) is 1.98. The van der Waals surface area contributed by atoms with Crippen LogP contribution in [-0.2, 0) is 36.0 Å². The molecule has 0 aliphatic carbocycles. The fourth-order valence-electron chi connectivity index (χ4n) is 5.32. The Hall–Kier alpha value is -3.94. The Bertz CT molecular complexity index is 1270. The topological polar surface area (TPSA) is 87.5 Å². The fraction of sp³-hybridized carbons (Fsp3) is 0.379. The molecule has 0 radical (unpaired) electrons. The maximum atomic E-state index is 13.6. The van der Waals surface area contributed by atoms with Crippen molar-refractivity contribution in [2.75, 3.05) is 25.0 Å². The SMILES string of the molecule is Cn1nc(C(=O)N2CCC[C@H](C(=O)Nc3ccccc3)C2)c2c1CCN(C(=O)CCc1ccccc1)C2. The number of rotatable bonds is 6. The van der Waals surface area contributed by atoms with E-state index in [4.69, 9.17) is 0 Å². The first kappa shape index (κ1) is 24.7. The van der Waals surface area contributed by atoms with Crippen LogP contribution in [0.2, 0.25) is 0 Å². The highest BCUT2D eigenvalue weighted by atomic mass is 16.2. The molecule has 3 aromatic rings. The maximum Gasteiger partial charge on any atom is 0.274 e. The molecule has 3 amide bonds. The molecule has 0 saturated carbocycles. The van der Waals surface area contributed by atoms with E-state index in [9.17, 15) is 14.4 Å². The van der Waals surface area contributed by atoms with Crippen molar-refractivity contribution in [3.05, 3.63) is 83.2 Å². The van der Waals surface area contributed by atoms with Crippen LogP contribution in [0.5, 0.6) is 0 Å². The summed E-state index contributed by atoms with van der Waals surface area (Å²) in [5.41, 5.74) is 4.14. The second kappa shape index (κ2) is 11.0. The highest BCUT2D eigenvalue weighted by molar-refractivity contribution is 5.96. The minimum Gasteiger partial charge on any atom is -0.338 e. The van der Waals surface area contributed by atoms with Crippen LogP contribution in [0, 0.1) is 5.92 Å². The molecule has 1 saturated heterocycles. The van der Waals surface area contributed by atoms with Gasteiger partial charge in [-0.15, -0.1) is 0 Å². The van der Waals surface area contributed by atoms with Crippen LogP contribution in [0.4, 0.5) is 5.69 Å². The average Bonchev–Trinajstić information content (AvgIpc) is 3.28. The zero-order chi connectivity index (χ0) is 25.8. The van der Waals surface area contributed by atoms with Gasteiger partial charge in [0, 0.05) is 63.0 Å². The number of piperidine rings is 1. The van der Waals surface area contributed by atoms with Gasteiger partial charge in [0.25, 0.3) is 5.91 Å². The molecule has 8 heteroatoms. The fourth-order valence-corrected chi connectivity index (χ4v) is 5.32. The van der Waals surface area contributed by atoms with E-state index in [0.29, 0.717) is 51.1 Å². The molecule has 192 valence electrons. The van der Waals surface area contributed by atoms with Crippen LogP contribution in [-0.4, -0.2) is 56.9 Å². The standard InChI is InChI=1S/C29H33N5O3/c1-32-25-16-18-33(26(35)15-14-21-9-4-2-5-10-21)20-24(25)27(31-32)29(37)34-17-8-11-22(19-34)28(36)30-23-12-6-3-7-13-23/h2-7,9-10,12-13,22H,8,11,14-20H2,1H3,(H,30,36)/t22-/m0/s1. The van der Waals surface area contributed by atoms with Gasteiger partial charge < -0.3 is 15.1 Å². The van der Waals surface area contributed by atoms with E-state index in [1.54, 1.807) is 9.58 Å². The van der Waals surface area contributed by atoms with Crippen LogP contribution in [0.25, 0.3) is 0 Å². The molecular formula is C29H33N5O3. The number of amides is 3. The van der Waals surface area contributed by atoms with Gasteiger partial charge in [-0.2, -0.15) is 5.10 Å². The molecule has 2 aliphatic rings. The Morgan fingerprint density at radius 3 is 2.46 bits per heavy atom. The second-order valence-corrected chi connectivity index (χ2v) is 9.89. The van der Waals surface area contributed by atoms with Crippen molar-refractivity contribution in [3.8, 4) is 0 Å². The highest BCUT2D eigenvalue weighted by Gasteiger charge is 2.34. The number of anilines is 1. The summed E-state index contributed by atoms with van der Waals surface area (Å²) in [7, 11) is 1.86. The Balaban J connectivity index is 1.25. The lowest BCUT2D eigenvalue weighted by Crippen LogP contribution is -2.44. The van der Waals surface area contributed by atoms with Crippen molar-refractivity contribution in [3.63, 3.8) is 0 Å². The predicted octanol–water partition coefficient (Wildman–Crippen LogP) is 3.43. The van der Waals surface area contributed by atoms with Gasteiger partial charge in [-0.25, -0.2) is 0 Å². The number of hydrogen-bond acceptors (Lipinski definition) is 4. The Morgan fingerprint density at radius 1 is 0.973 bits per heavy atom. The number of aromatic nitrogens is 2. The summed E-state index contributed by atoms with van der Waals surface area (Å²) < 4.78 is 1.78. The molecule has 8 nitrogen and oxygen atoms in total. The molecule has 2 aromatic carbocycles. The zero-order valence-electron chi connectivity index (χ0n) is 21.2.